The SMILES string of the molecule is CCC(=O)c1cnc(N2CCN(C)CC2)c(C)c1. The van der Waals surface area contributed by atoms with Gasteiger partial charge in [0.15, 0.2) is 5.78 Å². The van der Waals surface area contributed by atoms with Crippen molar-refractivity contribution in [3.63, 3.8) is 0 Å². The molecule has 4 heteroatoms. The van der Waals surface area contributed by atoms with Gasteiger partial charge in [-0.25, -0.2) is 4.98 Å². The predicted molar refractivity (Wildman–Crippen MR) is 73.3 cm³/mol. The van der Waals surface area contributed by atoms with Crippen molar-refractivity contribution in [1.82, 2.24) is 9.88 Å². The summed E-state index contributed by atoms with van der Waals surface area (Å²) in [4.78, 5) is 20.7. The number of carbonyl (C=O) groups is 1. The predicted octanol–water partition coefficient (Wildman–Crippen LogP) is 1.73. The van der Waals surface area contributed by atoms with E-state index in [1.165, 1.54) is 0 Å². The molecule has 0 radical (unpaired) electrons. The maximum Gasteiger partial charge on any atom is 0.164 e. The van der Waals surface area contributed by atoms with Crippen molar-refractivity contribution in [2.45, 2.75) is 20.3 Å². The molecule has 1 fully saturated rings. The molecule has 1 aromatic rings. The molecule has 98 valence electrons. The van der Waals surface area contributed by atoms with Crippen LogP contribution in [0.4, 0.5) is 5.82 Å². The molecular formula is C14H21N3O. The molecule has 18 heavy (non-hydrogen) atoms. The first-order chi connectivity index (χ1) is 8.61. The summed E-state index contributed by atoms with van der Waals surface area (Å²) in [7, 11) is 2.14. The zero-order chi connectivity index (χ0) is 13.1. The number of carbonyl (C=O) groups excluding carboxylic acids is 1. The molecule has 1 saturated heterocycles. The van der Waals surface area contributed by atoms with Gasteiger partial charge < -0.3 is 9.80 Å². The highest BCUT2D eigenvalue weighted by Gasteiger charge is 2.17. The Morgan fingerprint density at radius 3 is 2.56 bits per heavy atom. The lowest BCUT2D eigenvalue weighted by molar-refractivity contribution is 0.0987. The van der Waals surface area contributed by atoms with Gasteiger partial charge in [-0.2, -0.15) is 0 Å². The number of hydrogen-bond acceptors (Lipinski definition) is 4. The number of hydrogen-bond donors (Lipinski definition) is 0. The lowest BCUT2D eigenvalue weighted by atomic mass is 10.1. The first-order valence-electron chi connectivity index (χ1n) is 6.55. The number of likely N-dealkylation sites (N-methyl/N-ethyl adjacent to an activating group) is 1. The molecule has 1 aliphatic heterocycles. The maximum absolute atomic E-state index is 11.6. The number of aromatic nitrogens is 1. The van der Waals surface area contributed by atoms with Crippen LogP contribution in [0.3, 0.4) is 0 Å². The molecular weight excluding hydrogens is 226 g/mol. The average Bonchev–Trinajstić information content (AvgIpc) is 2.39. The minimum Gasteiger partial charge on any atom is -0.354 e. The first kappa shape index (κ1) is 13.0. The van der Waals surface area contributed by atoms with Gasteiger partial charge >= 0.3 is 0 Å². The number of piperazine rings is 1. The molecule has 4 nitrogen and oxygen atoms in total. The molecule has 0 saturated carbocycles. The minimum atomic E-state index is 0.163. The van der Waals surface area contributed by atoms with Crippen LogP contribution in [0.1, 0.15) is 29.3 Å². The zero-order valence-electron chi connectivity index (χ0n) is 11.4. The average molecular weight is 247 g/mol. The molecule has 2 rings (SSSR count). The summed E-state index contributed by atoms with van der Waals surface area (Å²) < 4.78 is 0. The van der Waals surface area contributed by atoms with Crippen molar-refractivity contribution in [2.75, 3.05) is 38.1 Å². The minimum absolute atomic E-state index is 0.163. The molecule has 2 heterocycles. The van der Waals surface area contributed by atoms with Crippen molar-refractivity contribution in [3.8, 4) is 0 Å². The molecule has 0 N–H and O–H groups in total. The fraction of sp³-hybridized carbons (Fsp3) is 0.571. The van der Waals surface area contributed by atoms with E-state index in [4.69, 9.17) is 0 Å². The van der Waals surface area contributed by atoms with Crippen LogP contribution in [0, 0.1) is 6.92 Å². The third kappa shape index (κ3) is 2.70. The van der Waals surface area contributed by atoms with Crippen LogP contribution >= 0.6 is 0 Å². The maximum atomic E-state index is 11.6. The summed E-state index contributed by atoms with van der Waals surface area (Å²) in [5.74, 6) is 1.19. The molecule has 0 amide bonds. The fourth-order valence-corrected chi connectivity index (χ4v) is 2.27. The Morgan fingerprint density at radius 2 is 2.00 bits per heavy atom. The second-order valence-electron chi connectivity index (χ2n) is 4.93. The van der Waals surface area contributed by atoms with Crippen LogP contribution < -0.4 is 4.90 Å². The van der Waals surface area contributed by atoms with Crippen LogP contribution in [0.2, 0.25) is 0 Å². The van der Waals surface area contributed by atoms with E-state index in [0.29, 0.717) is 6.42 Å². The smallest absolute Gasteiger partial charge is 0.164 e. The van der Waals surface area contributed by atoms with E-state index in [9.17, 15) is 4.79 Å². The number of nitrogens with zero attached hydrogens (tertiary/aromatic N) is 3. The number of Topliss-reactive ketones (excluding diaryl/α,β-unsaturated/α-hetero) is 1. The Morgan fingerprint density at radius 1 is 1.33 bits per heavy atom. The third-order valence-electron chi connectivity index (χ3n) is 3.50. The molecule has 0 unspecified atom stereocenters. The lowest BCUT2D eigenvalue weighted by Gasteiger charge is -2.34. The number of pyridine rings is 1. The van der Waals surface area contributed by atoms with Gasteiger partial charge in [0.1, 0.15) is 5.82 Å². The van der Waals surface area contributed by atoms with Crippen LogP contribution in [0.15, 0.2) is 12.3 Å². The summed E-state index contributed by atoms with van der Waals surface area (Å²) in [6.07, 6.45) is 2.25. The zero-order valence-corrected chi connectivity index (χ0v) is 11.4. The number of rotatable bonds is 3. The van der Waals surface area contributed by atoms with E-state index in [1.807, 2.05) is 19.9 Å². The van der Waals surface area contributed by atoms with Gasteiger partial charge in [-0.05, 0) is 25.6 Å². The second kappa shape index (κ2) is 5.48. The Labute approximate surface area is 109 Å². The van der Waals surface area contributed by atoms with Crippen molar-refractivity contribution in [2.24, 2.45) is 0 Å². The van der Waals surface area contributed by atoms with Crippen molar-refractivity contribution >= 4 is 11.6 Å². The van der Waals surface area contributed by atoms with E-state index in [2.05, 4.69) is 21.8 Å². The Hall–Kier alpha value is -1.42. The van der Waals surface area contributed by atoms with Crippen molar-refractivity contribution in [3.05, 3.63) is 23.4 Å². The van der Waals surface area contributed by atoms with Crippen LogP contribution in [0.5, 0.6) is 0 Å². The summed E-state index contributed by atoms with van der Waals surface area (Å²) in [5, 5.41) is 0. The van der Waals surface area contributed by atoms with E-state index in [-0.39, 0.29) is 5.78 Å². The molecule has 1 aliphatic rings. The highest BCUT2D eigenvalue weighted by Crippen LogP contribution is 2.19. The normalized spacial score (nSPS) is 16.9. The first-order valence-corrected chi connectivity index (χ1v) is 6.55. The Kier molecular flexibility index (Phi) is 3.97. The molecule has 0 spiro atoms. The third-order valence-corrected chi connectivity index (χ3v) is 3.50. The monoisotopic (exact) mass is 247 g/mol. The van der Waals surface area contributed by atoms with Gasteiger partial charge in [-0.15, -0.1) is 0 Å². The number of aryl methyl sites for hydroxylation is 1. The molecule has 1 aromatic heterocycles. The van der Waals surface area contributed by atoms with E-state index in [1.54, 1.807) is 6.20 Å². The van der Waals surface area contributed by atoms with Gasteiger partial charge in [0, 0.05) is 44.4 Å². The summed E-state index contributed by atoms with van der Waals surface area (Å²) in [5.41, 5.74) is 1.83. The molecule has 0 atom stereocenters. The van der Waals surface area contributed by atoms with Crippen LogP contribution in [-0.2, 0) is 0 Å². The summed E-state index contributed by atoms with van der Waals surface area (Å²) in [6.45, 7) is 8.06. The summed E-state index contributed by atoms with van der Waals surface area (Å²) >= 11 is 0. The standard InChI is InChI=1S/C14H21N3O/c1-4-13(18)12-9-11(2)14(15-10-12)17-7-5-16(3)6-8-17/h9-10H,4-8H2,1-3H3. The van der Waals surface area contributed by atoms with Gasteiger partial charge in [0.2, 0.25) is 0 Å². The van der Waals surface area contributed by atoms with Crippen LogP contribution in [-0.4, -0.2) is 48.9 Å². The molecule has 0 aliphatic carbocycles. The molecule has 0 aromatic carbocycles. The second-order valence-corrected chi connectivity index (χ2v) is 4.93. The number of anilines is 1. The van der Waals surface area contributed by atoms with Gasteiger partial charge in [-0.1, -0.05) is 6.92 Å². The quantitative estimate of drug-likeness (QED) is 0.762. The van der Waals surface area contributed by atoms with E-state index < -0.39 is 0 Å². The van der Waals surface area contributed by atoms with E-state index in [0.717, 1.165) is 43.1 Å². The fourth-order valence-electron chi connectivity index (χ4n) is 2.27. The number of ketones is 1. The van der Waals surface area contributed by atoms with Gasteiger partial charge in [-0.3, -0.25) is 4.79 Å². The topological polar surface area (TPSA) is 36.4 Å². The van der Waals surface area contributed by atoms with Crippen molar-refractivity contribution < 1.29 is 4.79 Å². The Balaban J connectivity index is 2.17. The van der Waals surface area contributed by atoms with Gasteiger partial charge in [0.25, 0.3) is 0 Å². The lowest BCUT2D eigenvalue weighted by Crippen LogP contribution is -2.45. The summed E-state index contributed by atoms with van der Waals surface area (Å²) in [6, 6.07) is 1.96. The highest BCUT2D eigenvalue weighted by atomic mass is 16.1. The Bertz CT molecular complexity index is 437. The van der Waals surface area contributed by atoms with Gasteiger partial charge in [0.05, 0.1) is 0 Å². The highest BCUT2D eigenvalue weighted by molar-refractivity contribution is 5.96. The largest absolute Gasteiger partial charge is 0.354 e. The van der Waals surface area contributed by atoms with Crippen molar-refractivity contribution in [1.29, 1.82) is 0 Å². The van der Waals surface area contributed by atoms with Crippen LogP contribution in [0.25, 0.3) is 0 Å². The van der Waals surface area contributed by atoms with E-state index >= 15 is 0 Å². The molecule has 0 bridgehead atoms.